The predicted octanol–water partition coefficient (Wildman–Crippen LogP) is 2.40. The van der Waals surface area contributed by atoms with E-state index in [1.165, 1.54) is 0 Å². The van der Waals surface area contributed by atoms with Crippen molar-refractivity contribution >= 4 is 5.91 Å². The summed E-state index contributed by atoms with van der Waals surface area (Å²) in [7, 11) is 1.74. The molecule has 0 aliphatic rings. The Labute approximate surface area is 124 Å². The number of carbonyl (C=O) groups is 1. The Kier molecular flexibility index (Phi) is 4.43. The van der Waals surface area contributed by atoms with Gasteiger partial charge >= 0.3 is 0 Å². The van der Waals surface area contributed by atoms with Crippen LogP contribution in [0.3, 0.4) is 0 Å². The molecule has 0 unspecified atom stereocenters. The van der Waals surface area contributed by atoms with Crippen molar-refractivity contribution in [1.82, 2.24) is 10.1 Å². The van der Waals surface area contributed by atoms with Gasteiger partial charge in [-0.1, -0.05) is 49.3 Å². The number of amides is 1. The molecule has 2 aromatic rings. The van der Waals surface area contributed by atoms with E-state index in [-0.39, 0.29) is 17.1 Å². The molecule has 1 heterocycles. The van der Waals surface area contributed by atoms with Crippen LogP contribution in [-0.2, 0) is 0 Å². The Bertz CT molecular complexity index is 605. The average Bonchev–Trinajstić information content (AvgIpc) is 2.96. The maximum Gasteiger partial charge on any atom is 0.292 e. The molecule has 5 nitrogen and oxygen atoms in total. The summed E-state index contributed by atoms with van der Waals surface area (Å²) in [6, 6.07) is 11.3. The quantitative estimate of drug-likeness (QED) is 0.916. The van der Waals surface area contributed by atoms with Crippen molar-refractivity contribution in [2.45, 2.75) is 13.8 Å². The van der Waals surface area contributed by atoms with E-state index in [0.29, 0.717) is 18.8 Å². The van der Waals surface area contributed by atoms with Crippen molar-refractivity contribution in [3.63, 3.8) is 0 Å². The maximum absolute atomic E-state index is 12.3. The number of rotatable bonds is 5. The van der Waals surface area contributed by atoms with Crippen LogP contribution in [-0.4, -0.2) is 36.1 Å². The van der Waals surface area contributed by atoms with Gasteiger partial charge in [0.25, 0.3) is 5.91 Å². The van der Waals surface area contributed by atoms with Crippen molar-refractivity contribution in [3.8, 4) is 11.3 Å². The van der Waals surface area contributed by atoms with E-state index in [1.54, 1.807) is 18.0 Å². The van der Waals surface area contributed by atoms with Crippen LogP contribution in [0.2, 0.25) is 0 Å². The van der Waals surface area contributed by atoms with Crippen LogP contribution in [0, 0.1) is 5.41 Å². The molecular weight excluding hydrogens is 266 g/mol. The average molecular weight is 287 g/mol. The molecule has 0 saturated carbocycles. The van der Waals surface area contributed by atoms with Gasteiger partial charge in [-0.05, 0) is 12.0 Å². The molecular formula is C16H21N3O2. The SMILES string of the molecule is CN(CC(C)(C)CN)C(=O)c1cc(-c2ccccc2)no1. The van der Waals surface area contributed by atoms with Gasteiger partial charge in [-0.3, -0.25) is 4.79 Å². The molecule has 2 rings (SSSR count). The summed E-state index contributed by atoms with van der Waals surface area (Å²) in [5.74, 6) is 0.0513. The molecule has 112 valence electrons. The van der Waals surface area contributed by atoms with Gasteiger partial charge < -0.3 is 15.2 Å². The minimum atomic E-state index is -0.189. The molecule has 0 atom stereocenters. The first-order valence-corrected chi connectivity index (χ1v) is 6.90. The van der Waals surface area contributed by atoms with E-state index in [9.17, 15) is 4.79 Å². The van der Waals surface area contributed by atoms with Crippen molar-refractivity contribution in [2.24, 2.45) is 11.1 Å². The van der Waals surface area contributed by atoms with Crippen molar-refractivity contribution in [2.75, 3.05) is 20.1 Å². The molecule has 1 amide bonds. The molecule has 21 heavy (non-hydrogen) atoms. The Morgan fingerprint density at radius 3 is 2.62 bits per heavy atom. The molecule has 0 saturated heterocycles. The molecule has 1 aromatic carbocycles. The minimum Gasteiger partial charge on any atom is -0.350 e. The summed E-state index contributed by atoms with van der Waals surface area (Å²) in [6.07, 6.45) is 0. The summed E-state index contributed by atoms with van der Waals surface area (Å²) >= 11 is 0. The summed E-state index contributed by atoms with van der Waals surface area (Å²) < 4.78 is 5.18. The largest absolute Gasteiger partial charge is 0.350 e. The molecule has 0 radical (unpaired) electrons. The highest BCUT2D eigenvalue weighted by molar-refractivity contribution is 5.92. The van der Waals surface area contributed by atoms with Gasteiger partial charge in [0.1, 0.15) is 5.69 Å². The van der Waals surface area contributed by atoms with Gasteiger partial charge in [0.15, 0.2) is 0 Å². The van der Waals surface area contributed by atoms with Crippen LogP contribution in [0.4, 0.5) is 0 Å². The van der Waals surface area contributed by atoms with E-state index in [0.717, 1.165) is 5.56 Å². The molecule has 1 aromatic heterocycles. The van der Waals surface area contributed by atoms with Crippen LogP contribution >= 0.6 is 0 Å². The lowest BCUT2D eigenvalue weighted by molar-refractivity contribution is 0.0699. The maximum atomic E-state index is 12.3. The summed E-state index contributed by atoms with van der Waals surface area (Å²) in [5.41, 5.74) is 7.15. The van der Waals surface area contributed by atoms with Gasteiger partial charge in [-0.2, -0.15) is 0 Å². The van der Waals surface area contributed by atoms with E-state index < -0.39 is 0 Å². The fourth-order valence-corrected chi connectivity index (χ4v) is 2.09. The van der Waals surface area contributed by atoms with Gasteiger partial charge in [-0.15, -0.1) is 0 Å². The fraction of sp³-hybridized carbons (Fsp3) is 0.375. The Morgan fingerprint density at radius 2 is 2.00 bits per heavy atom. The Hall–Kier alpha value is -2.14. The lowest BCUT2D eigenvalue weighted by Crippen LogP contribution is -2.39. The highest BCUT2D eigenvalue weighted by Gasteiger charge is 2.24. The monoisotopic (exact) mass is 287 g/mol. The summed E-state index contributed by atoms with van der Waals surface area (Å²) in [6.45, 7) is 5.11. The summed E-state index contributed by atoms with van der Waals surface area (Å²) in [4.78, 5) is 13.9. The van der Waals surface area contributed by atoms with Crippen LogP contribution in [0.5, 0.6) is 0 Å². The first kappa shape index (κ1) is 15.3. The molecule has 0 aliphatic carbocycles. The number of nitrogens with zero attached hydrogens (tertiary/aromatic N) is 2. The Balaban J connectivity index is 2.12. The number of benzene rings is 1. The standard InChI is InChI=1S/C16H21N3O2/c1-16(2,10-17)11-19(3)15(20)14-9-13(18-21-14)12-7-5-4-6-8-12/h4-9H,10-11,17H2,1-3H3. The smallest absolute Gasteiger partial charge is 0.292 e. The minimum absolute atomic E-state index is 0.132. The zero-order valence-electron chi connectivity index (χ0n) is 12.7. The van der Waals surface area contributed by atoms with Gasteiger partial charge in [0, 0.05) is 25.2 Å². The van der Waals surface area contributed by atoms with Crippen molar-refractivity contribution in [3.05, 3.63) is 42.2 Å². The van der Waals surface area contributed by atoms with E-state index in [1.807, 2.05) is 44.2 Å². The van der Waals surface area contributed by atoms with Crippen LogP contribution in [0.15, 0.2) is 40.9 Å². The highest BCUT2D eigenvalue weighted by atomic mass is 16.5. The number of nitrogens with two attached hydrogens (primary N) is 1. The predicted molar refractivity (Wildman–Crippen MR) is 81.7 cm³/mol. The zero-order chi connectivity index (χ0) is 15.5. The van der Waals surface area contributed by atoms with Gasteiger partial charge in [0.2, 0.25) is 5.76 Å². The Morgan fingerprint density at radius 1 is 1.33 bits per heavy atom. The fourth-order valence-electron chi connectivity index (χ4n) is 2.09. The normalized spacial score (nSPS) is 11.4. The zero-order valence-corrected chi connectivity index (χ0v) is 12.7. The number of aromatic nitrogens is 1. The van der Waals surface area contributed by atoms with Crippen LogP contribution in [0.25, 0.3) is 11.3 Å². The van der Waals surface area contributed by atoms with E-state index in [4.69, 9.17) is 10.3 Å². The number of hydrogen-bond donors (Lipinski definition) is 1. The van der Waals surface area contributed by atoms with E-state index >= 15 is 0 Å². The summed E-state index contributed by atoms with van der Waals surface area (Å²) in [5, 5.41) is 3.96. The second kappa shape index (κ2) is 6.10. The molecule has 5 heteroatoms. The van der Waals surface area contributed by atoms with Crippen LogP contribution < -0.4 is 5.73 Å². The molecule has 2 N–H and O–H groups in total. The third kappa shape index (κ3) is 3.70. The van der Waals surface area contributed by atoms with Crippen LogP contribution in [0.1, 0.15) is 24.4 Å². The molecule has 0 bridgehead atoms. The lowest BCUT2D eigenvalue weighted by atomic mass is 9.93. The second-order valence-corrected chi connectivity index (χ2v) is 5.97. The van der Waals surface area contributed by atoms with Gasteiger partial charge in [0.05, 0.1) is 0 Å². The molecule has 0 aliphatic heterocycles. The lowest BCUT2D eigenvalue weighted by Gasteiger charge is -2.28. The third-order valence-electron chi connectivity index (χ3n) is 3.35. The topological polar surface area (TPSA) is 72.4 Å². The van der Waals surface area contributed by atoms with Crippen molar-refractivity contribution < 1.29 is 9.32 Å². The number of carbonyl (C=O) groups excluding carboxylic acids is 1. The van der Waals surface area contributed by atoms with Gasteiger partial charge in [-0.25, -0.2) is 0 Å². The first-order valence-electron chi connectivity index (χ1n) is 6.90. The third-order valence-corrected chi connectivity index (χ3v) is 3.35. The highest BCUT2D eigenvalue weighted by Crippen LogP contribution is 2.20. The first-order chi connectivity index (χ1) is 9.93. The van der Waals surface area contributed by atoms with E-state index in [2.05, 4.69) is 5.16 Å². The van der Waals surface area contributed by atoms with Crippen molar-refractivity contribution in [1.29, 1.82) is 0 Å². The molecule has 0 spiro atoms. The number of hydrogen-bond acceptors (Lipinski definition) is 4. The molecule has 0 fully saturated rings. The second-order valence-electron chi connectivity index (χ2n) is 5.97.